The van der Waals surface area contributed by atoms with Gasteiger partial charge in [-0.3, -0.25) is 14.7 Å². The maximum Gasteiger partial charge on any atom is 0.204 e. The molecule has 0 saturated carbocycles. The number of hydrogen-bond acceptors (Lipinski definition) is 6. The van der Waals surface area contributed by atoms with Gasteiger partial charge < -0.3 is 16.8 Å². The Bertz CT molecular complexity index is 1030. The second-order valence-corrected chi connectivity index (χ2v) is 8.28. The van der Waals surface area contributed by atoms with Crippen molar-refractivity contribution in [3.8, 4) is 11.3 Å². The number of nitrogens with two attached hydrogens (primary N) is 2. The van der Waals surface area contributed by atoms with E-state index >= 15 is 0 Å². The first-order valence-corrected chi connectivity index (χ1v) is 12.0. The highest BCUT2D eigenvalue weighted by atomic mass is 16.1. The highest BCUT2D eigenvalue weighted by molar-refractivity contribution is 5.65. The number of likely N-dealkylation sites (tertiary alicyclic amines) is 1. The maximum absolute atomic E-state index is 8.58. The first-order chi connectivity index (χ1) is 16.3. The monoisotopic (exact) mass is 466 g/mol. The Labute approximate surface area is 204 Å². The van der Waals surface area contributed by atoms with Crippen LogP contribution in [-0.2, 0) is 4.79 Å². The molecule has 0 atom stereocenters. The zero-order valence-electron chi connectivity index (χ0n) is 21.5. The molecule has 3 rings (SSSR count). The molecule has 7 nitrogen and oxygen atoms in total. The van der Waals surface area contributed by atoms with Gasteiger partial charge in [0.1, 0.15) is 5.82 Å². The molecule has 1 aliphatic heterocycles. The minimum absolute atomic E-state index is 0.250. The summed E-state index contributed by atoms with van der Waals surface area (Å²) in [5, 5.41) is 5.47. The van der Waals surface area contributed by atoms with Crippen molar-refractivity contribution in [2.45, 2.75) is 59.9 Å². The molecule has 0 aliphatic carbocycles. The van der Waals surface area contributed by atoms with Gasteiger partial charge in [0.15, 0.2) is 0 Å². The van der Waals surface area contributed by atoms with Crippen LogP contribution in [0.4, 0.5) is 5.82 Å². The Balaban J connectivity index is 0.000000732. The number of rotatable bonds is 7. The predicted molar refractivity (Wildman–Crippen MR) is 144 cm³/mol. The molecule has 1 amide bonds. The standard InChI is InChI=1S/C22H29N5.C4H10.CH3NO/c1-5-9-27-13-18(14-27)25-16(4)10-17-11-21(26-22(23)19(17)6-2)20-12-24-8-7-15(20)3;1-3-4-2;2-1-3/h6-8,10-12,18,25H,4-5,9,13-14H2,1-3H3,(H2,23,26);3-4H2,1-2H3;1H,(H2,2,3)/b17-10-,19-6+;;. The van der Waals surface area contributed by atoms with E-state index in [0.717, 1.165) is 52.6 Å². The second kappa shape index (κ2) is 15.6. The Kier molecular flexibility index (Phi) is 13.2. The summed E-state index contributed by atoms with van der Waals surface area (Å²) >= 11 is 0. The largest absolute Gasteiger partial charge is 0.383 e. The average Bonchev–Trinajstić information content (AvgIpc) is 2.78. The Morgan fingerprint density at radius 2 is 1.91 bits per heavy atom. The third-order valence-electron chi connectivity index (χ3n) is 5.44. The number of unbranched alkanes of at least 4 members (excludes halogenated alkanes) is 1. The van der Waals surface area contributed by atoms with Gasteiger partial charge in [-0.1, -0.05) is 46.3 Å². The molecule has 0 bridgehead atoms. The molecule has 7 heteroatoms. The number of amides is 1. The zero-order valence-corrected chi connectivity index (χ0v) is 21.5. The number of hydrogen-bond donors (Lipinski definition) is 3. The van der Waals surface area contributed by atoms with Crippen molar-refractivity contribution >= 4 is 24.4 Å². The van der Waals surface area contributed by atoms with E-state index in [1.54, 1.807) is 6.20 Å². The minimum Gasteiger partial charge on any atom is -0.383 e. The van der Waals surface area contributed by atoms with E-state index in [4.69, 9.17) is 10.5 Å². The number of nitrogens with zero attached hydrogens (tertiary/aromatic N) is 3. The lowest BCUT2D eigenvalue weighted by atomic mass is 10.1. The summed E-state index contributed by atoms with van der Waals surface area (Å²) in [5.41, 5.74) is 14.3. The normalized spacial score (nSPS) is 14.3. The van der Waals surface area contributed by atoms with Gasteiger partial charge in [0.25, 0.3) is 0 Å². The number of carbonyl (C=O) groups is 1. The minimum atomic E-state index is 0.250. The molecular formula is C27H42N6O. The van der Waals surface area contributed by atoms with Crippen LogP contribution in [-0.4, -0.2) is 47.0 Å². The van der Waals surface area contributed by atoms with E-state index < -0.39 is 0 Å². The van der Waals surface area contributed by atoms with E-state index in [1.165, 1.54) is 19.3 Å². The first-order valence-electron chi connectivity index (χ1n) is 12.0. The van der Waals surface area contributed by atoms with Crippen molar-refractivity contribution < 1.29 is 4.79 Å². The molecule has 5 N–H and O–H groups in total. The summed E-state index contributed by atoms with van der Waals surface area (Å²) < 4.78 is 0. The van der Waals surface area contributed by atoms with Crippen molar-refractivity contribution in [2.75, 3.05) is 25.4 Å². The van der Waals surface area contributed by atoms with Crippen LogP contribution >= 0.6 is 0 Å². The van der Waals surface area contributed by atoms with Crippen molar-refractivity contribution in [1.82, 2.24) is 20.2 Å². The number of anilines is 1. The Morgan fingerprint density at radius 3 is 2.44 bits per heavy atom. The highest BCUT2D eigenvalue weighted by Crippen LogP contribution is 2.18. The van der Waals surface area contributed by atoms with E-state index in [-0.39, 0.29) is 6.41 Å². The van der Waals surface area contributed by atoms with Gasteiger partial charge in [-0.2, -0.15) is 0 Å². The quantitative estimate of drug-likeness (QED) is 0.541. The van der Waals surface area contributed by atoms with Gasteiger partial charge in [-0.05, 0) is 55.8 Å². The molecular weight excluding hydrogens is 424 g/mol. The van der Waals surface area contributed by atoms with Crippen LogP contribution in [0, 0.1) is 6.92 Å². The lowest BCUT2D eigenvalue weighted by Gasteiger charge is -2.40. The number of primary amides is 1. The molecule has 0 aromatic carbocycles. The van der Waals surface area contributed by atoms with Gasteiger partial charge in [0.05, 0.1) is 11.7 Å². The van der Waals surface area contributed by atoms with E-state index in [1.807, 2.05) is 25.3 Å². The Morgan fingerprint density at radius 1 is 1.26 bits per heavy atom. The van der Waals surface area contributed by atoms with Crippen LogP contribution in [0.1, 0.15) is 52.5 Å². The van der Waals surface area contributed by atoms with Gasteiger partial charge >= 0.3 is 0 Å². The van der Waals surface area contributed by atoms with Crippen molar-refractivity contribution in [2.24, 2.45) is 5.73 Å². The van der Waals surface area contributed by atoms with Gasteiger partial charge in [0, 0.05) is 42.0 Å². The SMILES string of the molecule is C=C(/C=c1/cc(-c2cnccc2C)nc(N)/c1=C/C)NC1CN(CCC)C1.CCCC.NC=O. The molecule has 0 unspecified atom stereocenters. The number of allylic oxidation sites excluding steroid dienone is 1. The van der Waals surface area contributed by atoms with E-state index in [2.05, 4.69) is 72.3 Å². The Hall–Kier alpha value is -3.19. The predicted octanol–water partition coefficient (Wildman–Crippen LogP) is 2.72. The van der Waals surface area contributed by atoms with E-state index in [9.17, 15) is 0 Å². The van der Waals surface area contributed by atoms with E-state index in [0.29, 0.717) is 11.9 Å². The first kappa shape index (κ1) is 28.8. The second-order valence-electron chi connectivity index (χ2n) is 8.28. The lowest BCUT2D eigenvalue weighted by Crippen LogP contribution is -2.57. The summed E-state index contributed by atoms with van der Waals surface area (Å²) in [4.78, 5) is 19.9. The number of aryl methyl sites for hydroxylation is 1. The molecule has 3 heterocycles. The summed E-state index contributed by atoms with van der Waals surface area (Å²) in [7, 11) is 0. The van der Waals surface area contributed by atoms with Gasteiger partial charge in [0.2, 0.25) is 6.41 Å². The number of nitrogen functional groups attached to an aromatic ring is 1. The lowest BCUT2D eigenvalue weighted by molar-refractivity contribution is -0.106. The summed E-state index contributed by atoms with van der Waals surface area (Å²) in [6, 6.07) is 4.51. The van der Waals surface area contributed by atoms with Gasteiger partial charge in [-0.15, -0.1) is 0 Å². The van der Waals surface area contributed by atoms with Crippen molar-refractivity contribution in [3.63, 3.8) is 0 Å². The summed E-state index contributed by atoms with van der Waals surface area (Å²) in [6.45, 7) is 18.1. The van der Waals surface area contributed by atoms with Crippen molar-refractivity contribution in [3.05, 3.63) is 52.8 Å². The van der Waals surface area contributed by atoms with Crippen LogP contribution in [0.25, 0.3) is 23.4 Å². The molecule has 1 fully saturated rings. The molecule has 0 radical (unpaired) electrons. The number of carbonyl (C=O) groups excluding carboxylic acids is 1. The molecule has 1 saturated heterocycles. The topological polar surface area (TPSA) is 110 Å². The van der Waals surface area contributed by atoms with Crippen molar-refractivity contribution in [1.29, 1.82) is 0 Å². The third kappa shape index (κ3) is 8.98. The number of pyridine rings is 2. The fourth-order valence-corrected chi connectivity index (χ4v) is 3.55. The number of nitrogens with one attached hydrogen (secondary N) is 1. The van der Waals surface area contributed by atoms with Gasteiger partial charge in [-0.25, -0.2) is 4.98 Å². The summed E-state index contributed by atoms with van der Waals surface area (Å²) in [5.74, 6) is 0.523. The third-order valence-corrected chi connectivity index (χ3v) is 5.44. The molecule has 1 aliphatic rings. The number of aromatic nitrogens is 2. The van der Waals surface area contributed by atoms with Crippen LogP contribution in [0.2, 0.25) is 0 Å². The molecule has 34 heavy (non-hydrogen) atoms. The zero-order chi connectivity index (χ0) is 25.5. The molecule has 2 aromatic rings. The fraction of sp³-hybridized carbons (Fsp3) is 0.444. The fourth-order valence-electron chi connectivity index (χ4n) is 3.55. The molecule has 2 aromatic heterocycles. The average molecular weight is 467 g/mol. The highest BCUT2D eigenvalue weighted by Gasteiger charge is 2.25. The molecule has 186 valence electrons. The maximum atomic E-state index is 8.58. The summed E-state index contributed by atoms with van der Waals surface area (Å²) in [6.07, 6.45) is 11.8. The van der Waals surface area contributed by atoms with Crippen LogP contribution in [0.15, 0.2) is 36.8 Å². The smallest absolute Gasteiger partial charge is 0.204 e. The van der Waals surface area contributed by atoms with Crippen LogP contribution in [0.3, 0.4) is 0 Å². The van der Waals surface area contributed by atoms with Crippen LogP contribution < -0.4 is 27.2 Å². The molecule has 0 spiro atoms. The van der Waals surface area contributed by atoms with Crippen LogP contribution in [0.5, 0.6) is 0 Å².